The van der Waals surface area contributed by atoms with Crippen LogP contribution in [0.1, 0.15) is 5.56 Å². The number of aromatic nitrogens is 2. The van der Waals surface area contributed by atoms with Gasteiger partial charge in [-0.3, -0.25) is 0 Å². The second-order valence-corrected chi connectivity index (χ2v) is 3.41. The van der Waals surface area contributed by atoms with Crippen LogP contribution in [0.4, 0.5) is 4.39 Å². The van der Waals surface area contributed by atoms with Gasteiger partial charge < -0.3 is 10.5 Å². The summed E-state index contributed by atoms with van der Waals surface area (Å²) >= 11 is 0. The summed E-state index contributed by atoms with van der Waals surface area (Å²) in [7, 11) is 1.51. The highest BCUT2D eigenvalue weighted by Gasteiger charge is 2.10. The molecule has 0 radical (unpaired) electrons. The summed E-state index contributed by atoms with van der Waals surface area (Å²) in [5.74, 6) is -0.143. The minimum Gasteiger partial charge on any atom is -0.481 e. The molecule has 0 aromatic carbocycles. The van der Waals surface area contributed by atoms with Crippen molar-refractivity contribution >= 4 is 0 Å². The van der Waals surface area contributed by atoms with Crippen LogP contribution in [0.2, 0.25) is 0 Å². The summed E-state index contributed by atoms with van der Waals surface area (Å²) in [6.07, 6.45) is 1.60. The van der Waals surface area contributed by atoms with Gasteiger partial charge in [0.15, 0.2) is 0 Å². The van der Waals surface area contributed by atoms with Crippen LogP contribution >= 0.6 is 0 Å². The van der Waals surface area contributed by atoms with E-state index < -0.39 is 5.95 Å². The van der Waals surface area contributed by atoms with Gasteiger partial charge in [0.25, 0.3) is 0 Å². The number of nitrogens with two attached hydrogens (primary N) is 1. The normalized spacial score (nSPS) is 10.3. The van der Waals surface area contributed by atoms with Crippen molar-refractivity contribution in [1.29, 1.82) is 0 Å². The van der Waals surface area contributed by atoms with E-state index in [0.717, 1.165) is 0 Å². The Balaban J connectivity index is 2.49. The third-order valence-electron chi connectivity index (χ3n) is 2.39. The van der Waals surface area contributed by atoms with Crippen LogP contribution in [0.25, 0.3) is 11.3 Å². The van der Waals surface area contributed by atoms with E-state index in [2.05, 4.69) is 9.97 Å². The van der Waals surface area contributed by atoms with Crippen molar-refractivity contribution < 1.29 is 9.13 Å². The number of hydrogen-bond donors (Lipinski definition) is 1. The molecule has 2 N–H and O–H groups in total. The van der Waals surface area contributed by atoms with E-state index in [9.17, 15) is 4.39 Å². The average molecular weight is 233 g/mol. The molecule has 0 atom stereocenters. The monoisotopic (exact) mass is 233 g/mol. The molecule has 5 heteroatoms. The van der Waals surface area contributed by atoms with Crippen molar-refractivity contribution in [2.75, 3.05) is 7.11 Å². The number of halogens is 1. The molecular weight excluding hydrogens is 221 g/mol. The highest BCUT2D eigenvalue weighted by Crippen LogP contribution is 2.26. The summed E-state index contributed by atoms with van der Waals surface area (Å²) in [4.78, 5) is 7.89. The van der Waals surface area contributed by atoms with Gasteiger partial charge in [0, 0.05) is 18.3 Å². The summed E-state index contributed by atoms with van der Waals surface area (Å²) in [5.41, 5.74) is 6.89. The molecular formula is C12H12FN3O. The van der Waals surface area contributed by atoms with Crippen LogP contribution in [-0.2, 0) is 6.54 Å². The molecule has 0 aliphatic heterocycles. The lowest BCUT2D eigenvalue weighted by Gasteiger charge is -2.07. The third-order valence-corrected chi connectivity index (χ3v) is 2.39. The molecule has 0 unspecified atom stereocenters. The largest absolute Gasteiger partial charge is 0.481 e. The zero-order valence-electron chi connectivity index (χ0n) is 9.35. The molecule has 0 saturated heterocycles. The quantitative estimate of drug-likeness (QED) is 0.820. The van der Waals surface area contributed by atoms with Crippen LogP contribution in [0, 0.1) is 5.95 Å². The fourth-order valence-electron chi connectivity index (χ4n) is 1.51. The lowest BCUT2D eigenvalue weighted by Crippen LogP contribution is -2.02. The maximum atomic E-state index is 13.5. The second-order valence-electron chi connectivity index (χ2n) is 3.41. The minimum atomic E-state index is -0.559. The van der Waals surface area contributed by atoms with E-state index in [-0.39, 0.29) is 6.54 Å². The predicted molar refractivity (Wildman–Crippen MR) is 61.9 cm³/mol. The molecule has 2 heterocycles. The van der Waals surface area contributed by atoms with Gasteiger partial charge in [-0.1, -0.05) is 6.07 Å². The first kappa shape index (κ1) is 11.5. The molecule has 88 valence electrons. The molecule has 4 nitrogen and oxygen atoms in total. The Labute approximate surface area is 98.3 Å². The Morgan fingerprint density at radius 2 is 2.18 bits per heavy atom. The van der Waals surface area contributed by atoms with E-state index in [4.69, 9.17) is 10.5 Å². The molecule has 2 rings (SSSR count). The Kier molecular flexibility index (Phi) is 3.30. The third kappa shape index (κ3) is 2.24. The van der Waals surface area contributed by atoms with Gasteiger partial charge in [-0.2, -0.15) is 4.39 Å². The van der Waals surface area contributed by atoms with Gasteiger partial charge >= 0.3 is 0 Å². The van der Waals surface area contributed by atoms with Crippen molar-refractivity contribution in [2.45, 2.75) is 6.54 Å². The number of rotatable bonds is 3. The van der Waals surface area contributed by atoms with Gasteiger partial charge in [0.1, 0.15) is 0 Å². The first-order valence-corrected chi connectivity index (χ1v) is 5.11. The summed E-state index contributed by atoms with van der Waals surface area (Å²) in [6.45, 7) is 0.128. The Bertz CT molecular complexity index is 531. The van der Waals surface area contributed by atoms with Gasteiger partial charge in [0.05, 0.1) is 18.4 Å². The Morgan fingerprint density at radius 1 is 1.35 bits per heavy atom. The number of hydrogen-bond acceptors (Lipinski definition) is 4. The van der Waals surface area contributed by atoms with Gasteiger partial charge in [-0.15, -0.1) is 0 Å². The lowest BCUT2D eigenvalue weighted by molar-refractivity contribution is 0.399. The van der Waals surface area contributed by atoms with Crippen LogP contribution in [0.3, 0.4) is 0 Å². The van der Waals surface area contributed by atoms with Gasteiger partial charge in [-0.25, -0.2) is 9.97 Å². The fourth-order valence-corrected chi connectivity index (χ4v) is 1.51. The fraction of sp³-hybridized carbons (Fsp3) is 0.167. The average Bonchev–Trinajstić information content (AvgIpc) is 2.38. The maximum absolute atomic E-state index is 13.5. The van der Waals surface area contributed by atoms with E-state index in [1.165, 1.54) is 7.11 Å². The number of nitrogens with zero attached hydrogens (tertiary/aromatic N) is 2. The van der Waals surface area contributed by atoms with Crippen LogP contribution in [-0.4, -0.2) is 17.1 Å². The maximum Gasteiger partial charge on any atom is 0.222 e. The first-order chi connectivity index (χ1) is 8.26. The van der Waals surface area contributed by atoms with E-state index in [0.29, 0.717) is 22.7 Å². The van der Waals surface area contributed by atoms with E-state index >= 15 is 0 Å². The highest BCUT2D eigenvalue weighted by atomic mass is 19.1. The molecule has 0 aliphatic rings. The lowest BCUT2D eigenvalue weighted by atomic mass is 10.1. The van der Waals surface area contributed by atoms with Crippen LogP contribution in [0.15, 0.2) is 30.5 Å². The SMILES string of the molecule is COc1ncccc1-c1ccc(CN)c(F)n1. The Hall–Kier alpha value is -2.01. The van der Waals surface area contributed by atoms with Crippen molar-refractivity contribution in [2.24, 2.45) is 5.73 Å². The number of methoxy groups -OCH3 is 1. The molecule has 0 amide bonds. The van der Waals surface area contributed by atoms with Crippen LogP contribution in [0.5, 0.6) is 5.88 Å². The molecule has 0 fully saturated rings. The zero-order valence-corrected chi connectivity index (χ0v) is 9.35. The molecule has 0 spiro atoms. The topological polar surface area (TPSA) is 61.0 Å². The Morgan fingerprint density at radius 3 is 2.82 bits per heavy atom. The summed E-state index contributed by atoms with van der Waals surface area (Å²) < 4.78 is 18.6. The highest BCUT2D eigenvalue weighted by molar-refractivity contribution is 5.64. The van der Waals surface area contributed by atoms with Crippen molar-refractivity contribution in [3.05, 3.63) is 42.0 Å². The second kappa shape index (κ2) is 4.88. The molecule has 17 heavy (non-hydrogen) atoms. The molecule has 2 aromatic heterocycles. The van der Waals surface area contributed by atoms with E-state index in [1.54, 1.807) is 30.5 Å². The van der Waals surface area contributed by atoms with Crippen molar-refractivity contribution in [3.8, 4) is 17.1 Å². The zero-order chi connectivity index (χ0) is 12.3. The van der Waals surface area contributed by atoms with Gasteiger partial charge in [-0.05, 0) is 18.2 Å². The van der Waals surface area contributed by atoms with Gasteiger partial charge in [0.2, 0.25) is 11.8 Å². The minimum absolute atomic E-state index is 0.128. The smallest absolute Gasteiger partial charge is 0.222 e. The predicted octanol–water partition coefficient (Wildman–Crippen LogP) is 1.75. The van der Waals surface area contributed by atoms with Crippen molar-refractivity contribution in [1.82, 2.24) is 9.97 Å². The first-order valence-electron chi connectivity index (χ1n) is 5.11. The molecule has 0 saturated carbocycles. The standard InChI is InChI=1S/C12H12FN3O/c1-17-12-9(3-2-6-15-12)10-5-4-8(7-14)11(13)16-10/h2-6H,7,14H2,1H3. The molecule has 2 aromatic rings. The summed E-state index contributed by atoms with van der Waals surface area (Å²) in [5, 5.41) is 0. The van der Waals surface area contributed by atoms with Crippen molar-refractivity contribution in [3.63, 3.8) is 0 Å². The molecule has 0 bridgehead atoms. The summed E-state index contributed by atoms with van der Waals surface area (Å²) in [6, 6.07) is 6.83. The number of ether oxygens (including phenoxy) is 1. The number of pyridine rings is 2. The molecule has 0 aliphatic carbocycles. The van der Waals surface area contributed by atoms with Crippen LogP contribution < -0.4 is 10.5 Å². The van der Waals surface area contributed by atoms with E-state index in [1.807, 2.05) is 0 Å².